The number of hydrogen-bond acceptors (Lipinski definition) is 3. The SMILES string of the molecule is O=C1[C@H](OCc2ccccc2)OC[C@@H]2[C@H]1[C@@H]1C=C[C@H]2C1. The maximum atomic E-state index is 12.5. The Morgan fingerprint density at radius 3 is 2.80 bits per heavy atom. The van der Waals surface area contributed by atoms with Crippen LogP contribution < -0.4 is 0 Å². The van der Waals surface area contributed by atoms with Crippen molar-refractivity contribution in [2.75, 3.05) is 6.61 Å². The highest BCUT2D eigenvalue weighted by molar-refractivity contribution is 5.86. The zero-order valence-corrected chi connectivity index (χ0v) is 11.3. The minimum Gasteiger partial charge on any atom is -0.346 e. The number of fused-ring (bicyclic) bond motifs is 5. The Kier molecular flexibility index (Phi) is 2.97. The Labute approximate surface area is 118 Å². The van der Waals surface area contributed by atoms with Crippen LogP contribution in [0.1, 0.15) is 12.0 Å². The molecule has 2 fully saturated rings. The number of Topliss-reactive ketones (excluding diaryl/α,β-unsaturated/α-hetero) is 1. The molecule has 2 bridgehead atoms. The first-order valence-electron chi connectivity index (χ1n) is 7.32. The smallest absolute Gasteiger partial charge is 0.218 e. The van der Waals surface area contributed by atoms with E-state index in [2.05, 4.69) is 12.2 Å². The van der Waals surface area contributed by atoms with Gasteiger partial charge < -0.3 is 9.47 Å². The number of rotatable bonds is 3. The highest BCUT2D eigenvalue weighted by atomic mass is 16.7. The Balaban J connectivity index is 1.43. The summed E-state index contributed by atoms with van der Waals surface area (Å²) in [6.45, 7) is 1.08. The van der Waals surface area contributed by atoms with E-state index in [1.54, 1.807) is 0 Å². The minimum atomic E-state index is -0.677. The highest BCUT2D eigenvalue weighted by Gasteiger charge is 2.52. The van der Waals surface area contributed by atoms with Gasteiger partial charge in [-0.15, -0.1) is 0 Å². The fourth-order valence-corrected chi connectivity index (χ4v) is 3.89. The zero-order chi connectivity index (χ0) is 13.5. The second kappa shape index (κ2) is 4.83. The van der Waals surface area contributed by atoms with Crippen LogP contribution in [0, 0.1) is 23.7 Å². The molecule has 1 heterocycles. The molecule has 2 aliphatic carbocycles. The molecule has 1 aliphatic heterocycles. The third-order valence-corrected chi connectivity index (χ3v) is 4.87. The van der Waals surface area contributed by atoms with Gasteiger partial charge in [-0.2, -0.15) is 0 Å². The summed E-state index contributed by atoms with van der Waals surface area (Å²) in [7, 11) is 0. The molecular weight excluding hydrogens is 252 g/mol. The molecule has 1 saturated heterocycles. The van der Waals surface area contributed by atoms with Crippen molar-refractivity contribution in [2.24, 2.45) is 23.7 Å². The van der Waals surface area contributed by atoms with E-state index in [0.29, 0.717) is 31.0 Å². The molecule has 5 atom stereocenters. The molecule has 104 valence electrons. The van der Waals surface area contributed by atoms with E-state index in [0.717, 1.165) is 12.0 Å². The van der Waals surface area contributed by atoms with Crippen LogP contribution in [0.3, 0.4) is 0 Å². The van der Waals surface area contributed by atoms with Gasteiger partial charge in [0.05, 0.1) is 13.2 Å². The van der Waals surface area contributed by atoms with E-state index < -0.39 is 6.29 Å². The first-order valence-corrected chi connectivity index (χ1v) is 7.32. The molecule has 4 rings (SSSR count). The Morgan fingerprint density at radius 1 is 1.15 bits per heavy atom. The summed E-state index contributed by atoms with van der Waals surface area (Å²) in [5, 5.41) is 0. The predicted octanol–water partition coefficient (Wildman–Crippen LogP) is 2.57. The van der Waals surface area contributed by atoms with Gasteiger partial charge in [-0.3, -0.25) is 4.79 Å². The van der Waals surface area contributed by atoms with Gasteiger partial charge in [0, 0.05) is 5.92 Å². The molecule has 1 aromatic carbocycles. The van der Waals surface area contributed by atoms with E-state index in [4.69, 9.17) is 9.47 Å². The number of ether oxygens (including phenoxy) is 2. The monoisotopic (exact) mass is 270 g/mol. The largest absolute Gasteiger partial charge is 0.346 e. The van der Waals surface area contributed by atoms with Gasteiger partial charge in [0.1, 0.15) is 0 Å². The second-order valence-corrected chi connectivity index (χ2v) is 6.00. The van der Waals surface area contributed by atoms with Crippen molar-refractivity contribution in [3.8, 4) is 0 Å². The van der Waals surface area contributed by atoms with Crippen molar-refractivity contribution in [3.63, 3.8) is 0 Å². The lowest BCUT2D eigenvalue weighted by Crippen LogP contribution is -2.45. The molecule has 0 radical (unpaired) electrons. The average Bonchev–Trinajstić information content (AvgIpc) is 3.09. The first kappa shape index (κ1) is 12.3. The van der Waals surface area contributed by atoms with Crippen LogP contribution in [0.15, 0.2) is 42.5 Å². The molecule has 0 aromatic heterocycles. The molecule has 20 heavy (non-hydrogen) atoms. The van der Waals surface area contributed by atoms with Gasteiger partial charge >= 0.3 is 0 Å². The lowest BCUT2D eigenvalue weighted by Gasteiger charge is -2.35. The van der Waals surface area contributed by atoms with Gasteiger partial charge in [0.2, 0.25) is 6.29 Å². The van der Waals surface area contributed by atoms with Crippen molar-refractivity contribution in [3.05, 3.63) is 48.0 Å². The predicted molar refractivity (Wildman–Crippen MR) is 73.7 cm³/mol. The van der Waals surface area contributed by atoms with Gasteiger partial charge in [0.15, 0.2) is 5.78 Å². The number of allylic oxidation sites excluding steroid dienone is 2. The van der Waals surface area contributed by atoms with Gasteiger partial charge in [-0.1, -0.05) is 42.5 Å². The summed E-state index contributed by atoms with van der Waals surface area (Å²) in [5.41, 5.74) is 1.07. The van der Waals surface area contributed by atoms with Crippen LogP contribution in [-0.2, 0) is 20.9 Å². The molecule has 0 unspecified atom stereocenters. The minimum absolute atomic E-state index is 0.125. The molecular formula is C17H18O3. The molecule has 1 aromatic rings. The summed E-state index contributed by atoms with van der Waals surface area (Å²) in [5.74, 6) is 1.62. The van der Waals surface area contributed by atoms with E-state index >= 15 is 0 Å². The van der Waals surface area contributed by atoms with E-state index in [-0.39, 0.29) is 11.7 Å². The van der Waals surface area contributed by atoms with Crippen molar-refractivity contribution >= 4 is 5.78 Å². The van der Waals surface area contributed by atoms with Gasteiger partial charge in [0.25, 0.3) is 0 Å². The molecule has 3 heteroatoms. The van der Waals surface area contributed by atoms with Crippen LogP contribution >= 0.6 is 0 Å². The van der Waals surface area contributed by atoms with Gasteiger partial charge in [-0.25, -0.2) is 0 Å². The zero-order valence-electron chi connectivity index (χ0n) is 11.3. The maximum Gasteiger partial charge on any atom is 0.218 e. The molecule has 0 amide bonds. The molecule has 1 saturated carbocycles. The Morgan fingerprint density at radius 2 is 1.95 bits per heavy atom. The van der Waals surface area contributed by atoms with Gasteiger partial charge in [-0.05, 0) is 29.7 Å². The number of carbonyl (C=O) groups excluding carboxylic acids is 1. The van der Waals surface area contributed by atoms with E-state index in [1.165, 1.54) is 0 Å². The number of carbonyl (C=O) groups is 1. The van der Waals surface area contributed by atoms with Crippen LogP contribution in [0.5, 0.6) is 0 Å². The standard InChI is InChI=1S/C17H18O3/c18-16-15-13-7-6-12(8-13)14(15)10-20-17(16)19-9-11-4-2-1-3-5-11/h1-7,12-15,17H,8-10H2/t12-,13+,14-,15+,17+/m0/s1. The molecule has 3 aliphatic rings. The summed E-state index contributed by atoms with van der Waals surface area (Å²) >= 11 is 0. The van der Waals surface area contributed by atoms with Crippen LogP contribution in [-0.4, -0.2) is 18.7 Å². The van der Waals surface area contributed by atoms with Crippen molar-refractivity contribution in [1.29, 1.82) is 0 Å². The topological polar surface area (TPSA) is 35.5 Å². The fourth-order valence-electron chi connectivity index (χ4n) is 3.89. The molecule has 0 N–H and O–H groups in total. The lowest BCUT2D eigenvalue weighted by molar-refractivity contribution is -0.198. The highest BCUT2D eigenvalue weighted by Crippen LogP contribution is 2.50. The number of hydrogen-bond donors (Lipinski definition) is 0. The summed E-state index contributed by atoms with van der Waals surface area (Å²) in [6.07, 6.45) is 4.91. The lowest BCUT2D eigenvalue weighted by atomic mass is 9.79. The second-order valence-electron chi connectivity index (χ2n) is 6.00. The molecule has 0 spiro atoms. The summed E-state index contributed by atoms with van der Waals surface area (Å²) in [4.78, 5) is 12.5. The quantitative estimate of drug-likeness (QED) is 0.792. The van der Waals surface area contributed by atoms with E-state index in [9.17, 15) is 4.79 Å². The van der Waals surface area contributed by atoms with Crippen molar-refractivity contribution in [2.45, 2.75) is 19.3 Å². The maximum absolute atomic E-state index is 12.5. The fraction of sp³-hybridized carbons (Fsp3) is 0.471. The van der Waals surface area contributed by atoms with Crippen LogP contribution in [0.25, 0.3) is 0 Å². The third kappa shape index (κ3) is 1.93. The van der Waals surface area contributed by atoms with Crippen LogP contribution in [0.4, 0.5) is 0 Å². The molecule has 3 nitrogen and oxygen atoms in total. The van der Waals surface area contributed by atoms with Crippen molar-refractivity contribution < 1.29 is 14.3 Å². The van der Waals surface area contributed by atoms with Crippen LogP contribution in [0.2, 0.25) is 0 Å². The van der Waals surface area contributed by atoms with E-state index in [1.807, 2.05) is 30.3 Å². The number of ketones is 1. The number of benzene rings is 1. The first-order chi connectivity index (χ1) is 9.83. The average molecular weight is 270 g/mol. The third-order valence-electron chi connectivity index (χ3n) is 4.87. The Bertz CT molecular complexity index is 536. The van der Waals surface area contributed by atoms with Crippen molar-refractivity contribution in [1.82, 2.24) is 0 Å². The summed E-state index contributed by atoms with van der Waals surface area (Å²) in [6, 6.07) is 9.91. The normalized spacial score (nSPS) is 38.2. The summed E-state index contributed by atoms with van der Waals surface area (Å²) < 4.78 is 11.4. The Hall–Kier alpha value is -1.45.